The zero-order chi connectivity index (χ0) is 13.7. The molecule has 0 aliphatic heterocycles. The van der Waals surface area contributed by atoms with Crippen molar-refractivity contribution in [1.29, 1.82) is 0 Å². The second-order valence-electron chi connectivity index (χ2n) is 4.22. The van der Waals surface area contributed by atoms with E-state index in [2.05, 4.69) is 17.2 Å². The van der Waals surface area contributed by atoms with Gasteiger partial charge in [-0.05, 0) is 19.1 Å². The second kappa shape index (κ2) is 6.09. The minimum absolute atomic E-state index is 0.109. The minimum atomic E-state index is 0.109. The number of hydrogen-bond acceptors (Lipinski definition) is 4. The van der Waals surface area contributed by atoms with Crippen LogP contribution >= 0.6 is 0 Å². The molecule has 1 atom stereocenters. The summed E-state index contributed by atoms with van der Waals surface area (Å²) in [6, 6.07) is 11.7. The predicted octanol–water partition coefficient (Wildman–Crippen LogP) is 3.27. The summed E-state index contributed by atoms with van der Waals surface area (Å²) in [7, 11) is 3.28. The fourth-order valence-corrected chi connectivity index (χ4v) is 1.85. The molecule has 1 aromatic carbocycles. The molecule has 0 fully saturated rings. The maximum atomic E-state index is 5.25. The molecule has 1 N–H and O–H groups in total. The molecule has 1 aromatic heterocycles. The highest BCUT2D eigenvalue weighted by Gasteiger charge is 2.08. The normalized spacial score (nSPS) is 11.7. The molecule has 100 valence electrons. The first kappa shape index (κ1) is 13.2. The minimum Gasteiger partial charge on any atom is -0.497 e. The van der Waals surface area contributed by atoms with E-state index >= 15 is 0 Å². The van der Waals surface area contributed by atoms with Gasteiger partial charge in [0.05, 0.1) is 26.0 Å². The molecular formula is C15H18N2O2. The van der Waals surface area contributed by atoms with Crippen LogP contribution < -0.4 is 14.8 Å². The third kappa shape index (κ3) is 3.37. The standard InChI is InChI=1S/C15H18N2O2/c1-11(15-6-4-5-7-16-15)17-12-8-13(18-2)10-14(9-12)19-3/h4-11,17H,1-3H3. The molecule has 0 radical (unpaired) electrons. The van der Waals surface area contributed by atoms with Crippen LogP contribution in [-0.2, 0) is 0 Å². The molecule has 1 unspecified atom stereocenters. The van der Waals surface area contributed by atoms with Gasteiger partial charge in [0.2, 0.25) is 0 Å². The van der Waals surface area contributed by atoms with Crippen LogP contribution in [0.25, 0.3) is 0 Å². The number of nitrogens with zero attached hydrogens (tertiary/aromatic N) is 1. The first-order valence-corrected chi connectivity index (χ1v) is 6.13. The first-order valence-electron chi connectivity index (χ1n) is 6.13. The highest BCUT2D eigenvalue weighted by Crippen LogP contribution is 2.28. The van der Waals surface area contributed by atoms with E-state index in [0.29, 0.717) is 0 Å². The fourth-order valence-electron chi connectivity index (χ4n) is 1.85. The summed E-state index contributed by atoms with van der Waals surface area (Å²) < 4.78 is 10.5. The van der Waals surface area contributed by atoms with Crippen LogP contribution in [0.4, 0.5) is 5.69 Å². The summed E-state index contributed by atoms with van der Waals surface area (Å²) in [6.45, 7) is 2.06. The van der Waals surface area contributed by atoms with Crippen LogP contribution in [0.15, 0.2) is 42.6 Å². The van der Waals surface area contributed by atoms with Crippen molar-refractivity contribution in [2.45, 2.75) is 13.0 Å². The quantitative estimate of drug-likeness (QED) is 0.893. The average Bonchev–Trinajstić information content (AvgIpc) is 2.47. The van der Waals surface area contributed by atoms with E-state index in [0.717, 1.165) is 22.9 Å². The second-order valence-corrected chi connectivity index (χ2v) is 4.22. The molecule has 0 amide bonds. The SMILES string of the molecule is COc1cc(NC(C)c2ccccn2)cc(OC)c1. The lowest BCUT2D eigenvalue weighted by molar-refractivity contribution is 0.394. The van der Waals surface area contributed by atoms with Crippen molar-refractivity contribution >= 4 is 5.69 Å². The highest BCUT2D eigenvalue weighted by atomic mass is 16.5. The Bertz CT molecular complexity index is 507. The number of ether oxygens (including phenoxy) is 2. The molecule has 19 heavy (non-hydrogen) atoms. The fraction of sp³-hybridized carbons (Fsp3) is 0.267. The zero-order valence-corrected chi connectivity index (χ0v) is 11.4. The average molecular weight is 258 g/mol. The molecule has 4 heteroatoms. The molecule has 0 saturated carbocycles. The molecule has 0 aliphatic rings. The van der Waals surface area contributed by atoms with Gasteiger partial charge in [0.15, 0.2) is 0 Å². The third-order valence-electron chi connectivity index (χ3n) is 2.87. The summed E-state index contributed by atoms with van der Waals surface area (Å²) in [5, 5.41) is 3.39. The van der Waals surface area contributed by atoms with E-state index in [4.69, 9.17) is 9.47 Å². The number of pyridine rings is 1. The number of rotatable bonds is 5. The summed E-state index contributed by atoms with van der Waals surface area (Å²) >= 11 is 0. The van der Waals surface area contributed by atoms with E-state index in [9.17, 15) is 0 Å². The van der Waals surface area contributed by atoms with Crippen LogP contribution in [-0.4, -0.2) is 19.2 Å². The largest absolute Gasteiger partial charge is 0.497 e. The van der Waals surface area contributed by atoms with Crippen molar-refractivity contribution in [2.75, 3.05) is 19.5 Å². The number of benzene rings is 1. The van der Waals surface area contributed by atoms with Crippen LogP contribution in [0, 0.1) is 0 Å². The lowest BCUT2D eigenvalue weighted by atomic mass is 10.2. The number of nitrogens with one attached hydrogen (secondary N) is 1. The van der Waals surface area contributed by atoms with Gasteiger partial charge in [-0.1, -0.05) is 6.07 Å². The molecule has 0 spiro atoms. The predicted molar refractivity (Wildman–Crippen MR) is 75.8 cm³/mol. The third-order valence-corrected chi connectivity index (χ3v) is 2.87. The van der Waals surface area contributed by atoms with Crippen LogP contribution in [0.1, 0.15) is 18.7 Å². The molecule has 0 aliphatic carbocycles. The zero-order valence-electron chi connectivity index (χ0n) is 11.4. The van der Waals surface area contributed by atoms with Gasteiger partial charge in [0, 0.05) is 30.1 Å². The Balaban J connectivity index is 2.18. The smallest absolute Gasteiger partial charge is 0.124 e. The van der Waals surface area contributed by atoms with Crippen LogP contribution in [0.2, 0.25) is 0 Å². The Morgan fingerprint density at radius 1 is 1.05 bits per heavy atom. The highest BCUT2D eigenvalue weighted by molar-refractivity contribution is 5.54. The summed E-state index contributed by atoms with van der Waals surface area (Å²) in [4.78, 5) is 4.33. The molecule has 4 nitrogen and oxygen atoms in total. The Morgan fingerprint density at radius 2 is 1.74 bits per heavy atom. The lowest BCUT2D eigenvalue weighted by Gasteiger charge is -2.16. The number of anilines is 1. The molecule has 0 bridgehead atoms. The topological polar surface area (TPSA) is 43.4 Å². The summed E-state index contributed by atoms with van der Waals surface area (Å²) in [5.41, 5.74) is 1.93. The molecule has 2 rings (SSSR count). The number of hydrogen-bond donors (Lipinski definition) is 1. The maximum absolute atomic E-state index is 5.25. The van der Waals surface area contributed by atoms with Gasteiger partial charge in [-0.2, -0.15) is 0 Å². The van der Waals surface area contributed by atoms with Crippen molar-refractivity contribution in [3.63, 3.8) is 0 Å². The molecular weight excluding hydrogens is 240 g/mol. The Labute approximate surface area is 113 Å². The van der Waals surface area contributed by atoms with Gasteiger partial charge < -0.3 is 14.8 Å². The molecule has 2 aromatic rings. The summed E-state index contributed by atoms with van der Waals surface area (Å²) in [5.74, 6) is 1.52. The van der Waals surface area contributed by atoms with E-state index in [1.165, 1.54) is 0 Å². The van der Waals surface area contributed by atoms with Gasteiger partial charge in [-0.3, -0.25) is 4.98 Å². The molecule has 1 heterocycles. The van der Waals surface area contributed by atoms with Gasteiger partial charge >= 0.3 is 0 Å². The van der Waals surface area contributed by atoms with Crippen LogP contribution in [0.5, 0.6) is 11.5 Å². The van der Waals surface area contributed by atoms with Crippen molar-refractivity contribution in [1.82, 2.24) is 4.98 Å². The van der Waals surface area contributed by atoms with Crippen molar-refractivity contribution in [2.24, 2.45) is 0 Å². The lowest BCUT2D eigenvalue weighted by Crippen LogP contribution is -2.08. The number of methoxy groups -OCH3 is 2. The van der Waals surface area contributed by atoms with Crippen LogP contribution in [0.3, 0.4) is 0 Å². The monoisotopic (exact) mass is 258 g/mol. The Hall–Kier alpha value is -2.23. The van der Waals surface area contributed by atoms with E-state index < -0.39 is 0 Å². The van der Waals surface area contributed by atoms with Gasteiger partial charge in [0.25, 0.3) is 0 Å². The van der Waals surface area contributed by atoms with Crippen molar-refractivity contribution < 1.29 is 9.47 Å². The number of aromatic nitrogens is 1. The van der Waals surface area contributed by atoms with Gasteiger partial charge in [0.1, 0.15) is 11.5 Å². The Morgan fingerprint density at radius 3 is 2.26 bits per heavy atom. The maximum Gasteiger partial charge on any atom is 0.124 e. The van der Waals surface area contributed by atoms with Crippen molar-refractivity contribution in [3.05, 3.63) is 48.3 Å². The summed E-state index contributed by atoms with van der Waals surface area (Å²) in [6.07, 6.45) is 1.79. The van der Waals surface area contributed by atoms with Crippen molar-refractivity contribution in [3.8, 4) is 11.5 Å². The van der Waals surface area contributed by atoms with E-state index in [-0.39, 0.29) is 6.04 Å². The first-order chi connectivity index (χ1) is 9.22. The van der Waals surface area contributed by atoms with E-state index in [1.807, 2.05) is 36.4 Å². The molecule has 0 saturated heterocycles. The van der Waals surface area contributed by atoms with Gasteiger partial charge in [-0.15, -0.1) is 0 Å². The van der Waals surface area contributed by atoms with E-state index in [1.54, 1.807) is 20.4 Å². The van der Waals surface area contributed by atoms with Gasteiger partial charge in [-0.25, -0.2) is 0 Å². The Kier molecular flexibility index (Phi) is 4.23.